The third kappa shape index (κ3) is 1.95. The Morgan fingerprint density at radius 1 is 1.26 bits per heavy atom. The fourth-order valence-corrected chi connectivity index (χ4v) is 3.25. The Kier molecular flexibility index (Phi) is 2.88. The van der Waals surface area contributed by atoms with Gasteiger partial charge in [0, 0.05) is 13.6 Å². The second kappa shape index (κ2) is 4.43. The van der Waals surface area contributed by atoms with Crippen molar-refractivity contribution in [3.8, 4) is 10.7 Å². The lowest BCUT2D eigenvalue weighted by atomic mass is 10.2. The Hall–Kier alpha value is -1.72. The van der Waals surface area contributed by atoms with Gasteiger partial charge < -0.3 is 10.3 Å². The lowest BCUT2D eigenvalue weighted by Gasteiger charge is -2.01. The third-order valence-electron chi connectivity index (χ3n) is 3.29. The molecule has 0 aliphatic heterocycles. The van der Waals surface area contributed by atoms with Crippen molar-refractivity contribution in [3.63, 3.8) is 0 Å². The summed E-state index contributed by atoms with van der Waals surface area (Å²) < 4.78 is 2.12. The lowest BCUT2D eigenvalue weighted by Crippen LogP contribution is -1.97. The molecule has 0 aliphatic rings. The van der Waals surface area contributed by atoms with Crippen molar-refractivity contribution in [2.75, 3.05) is 0 Å². The highest BCUT2D eigenvalue weighted by Crippen LogP contribution is 2.31. The molecule has 2 N–H and O–H groups in total. The van der Waals surface area contributed by atoms with Crippen molar-refractivity contribution < 1.29 is 0 Å². The Morgan fingerprint density at radius 3 is 2.68 bits per heavy atom. The van der Waals surface area contributed by atoms with Crippen LogP contribution in [0.4, 0.5) is 0 Å². The molecule has 2 aromatic heterocycles. The minimum atomic E-state index is 0.551. The summed E-state index contributed by atoms with van der Waals surface area (Å²) in [5, 5.41) is 1.07. The van der Waals surface area contributed by atoms with E-state index in [2.05, 4.69) is 15.6 Å². The summed E-state index contributed by atoms with van der Waals surface area (Å²) >= 11 is 1.69. The molecule has 5 heteroatoms. The molecule has 98 valence electrons. The van der Waals surface area contributed by atoms with E-state index in [0.29, 0.717) is 6.54 Å². The average molecular weight is 272 g/mol. The molecule has 3 aromatic rings. The van der Waals surface area contributed by atoms with Crippen LogP contribution in [0.1, 0.15) is 16.3 Å². The first kappa shape index (κ1) is 12.3. The molecule has 0 unspecified atom stereocenters. The fourth-order valence-electron chi connectivity index (χ4n) is 2.30. The molecule has 0 atom stereocenters. The SMILES string of the molecule is Cc1nc(C)c(-c2nc3ccc(CN)cc3n2C)s1. The molecule has 0 aliphatic carbocycles. The third-order valence-corrected chi connectivity index (χ3v) is 4.36. The van der Waals surface area contributed by atoms with Gasteiger partial charge in [0.15, 0.2) is 5.82 Å². The highest BCUT2D eigenvalue weighted by molar-refractivity contribution is 7.15. The summed E-state index contributed by atoms with van der Waals surface area (Å²) in [7, 11) is 2.04. The summed E-state index contributed by atoms with van der Waals surface area (Å²) in [5.74, 6) is 0.979. The van der Waals surface area contributed by atoms with Crippen LogP contribution in [0.15, 0.2) is 18.2 Å². The maximum Gasteiger partial charge on any atom is 0.152 e. The highest BCUT2D eigenvalue weighted by Gasteiger charge is 2.15. The van der Waals surface area contributed by atoms with E-state index in [1.54, 1.807) is 11.3 Å². The second-order valence-electron chi connectivity index (χ2n) is 4.67. The van der Waals surface area contributed by atoms with Crippen LogP contribution >= 0.6 is 11.3 Å². The van der Waals surface area contributed by atoms with E-state index in [1.807, 2.05) is 33.0 Å². The quantitative estimate of drug-likeness (QED) is 0.780. The molecule has 2 heterocycles. The van der Waals surface area contributed by atoms with Crippen LogP contribution in [0.25, 0.3) is 21.7 Å². The van der Waals surface area contributed by atoms with Crippen LogP contribution in [-0.2, 0) is 13.6 Å². The molecule has 3 rings (SSSR count). The number of fused-ring (bicyclic) bond motifs is 1. The second-order valence-corrected chi connectivity index (χ2v) is 5.87. The normalized spacial score (nSPS) is 11.4. The minimum Gasteiger partial charge on any atom is -0.326 e. The minimum absolute atomic E-state index is 0.551. The molecular weight excluding hydrogens is 256 g/mol. The van der Waals surface area contributed by atoms with Gasteiger partial charge in [-0.3, -0.25) is 0 Å². The zero-order valence-electron chi connectivity index (χ0n) is 11.3. The number of hydrogen-bond acceptors (Lipinski definition) is 4. The maximum atomic E-state index is 5.70. The lowest BCUT2D eigenvalue weighted by molar-refractivity contribution is 0.956. The molecule has 19 heavy (non-hydrogen) atoms. The van der Waals surface area contributed by atoms with Crippen LogP contribution in [0.3, 0.4) is 0 Å². The van der Waals surface area contributed by atoms with Crippen molar-refractivity contribution >= 4 is 22.4 Å². The van der Waals surface area contributed by atoms with E-state index in [-0.39, 0.29) is 0 Å². The number of imidazole rings is 1. The van der Waals surface area contributed by atoms with Crippen LogP contribution in [0.5, 0.6) is 0 Å². The molecule has 0 saturated heterocycles. The van der Waals surface area contributed by atoms with E-state index in [0.717, 1.165) is 38.0 Å². The predicted molar refractivity (Wildman–Crippen MR) is 79.2 cm³/mol. The van der Waals surface area contributed by atoms with Crippen molar-refractivity contribution in [1.29, 1.82) is 0 Å². The summed E-state index contributed by atoms with van der Waals surface area (Å²) in [6, 6.07) is 6.17. The molecule has 0 fully saturated rings. The molecule has 0 spiro atoms. The maximum absolute atomic E-state index is 5.70. The van der Waals surface area contributed by atoms with Crippen LogP contribution in [-0.4, -0.2) is 14.5 Å². The number of aryl methyl sites for hydroxylation is 3. The van der Waals surface area contributed by atoms with Gasteiger partial charge in [0.05, 0.1) is 26.6 Å². The van der Waals surface area contributed by atoms with Crippen molar-refractivity contribution in [2.24, 2.45) is 12.8 Å². The van der Waals surface area contributed by atoms with Gasteiger partial charge >= 0.3 is 0 Å². The summed E-state index contributed by atoms with van der Waals surface area (Å²) in [5.41, 5.74) is 9.98. The van der Waals surface area contributed by atoms with Gasteiger partial charge in [0.1, 0.15) is 0 Å². The Morgan fingerprint density at radius 2 is 2.05 bits per heavy atom. The number of nitrogens with two attached hydrogens (primary N) is 1. The molecular formula is C14H16N4S. The number of rotatable bonds is 2. The molecule has 0 radical (unpaired) electrons. The Labute approximate surface area is 115 Å². The molecule has 0 amide bonds. The summed E-state index contributed by atoms with van der Waals surface area (Å²) in [4.78, 5) is 10.3. The van der Waals surface area contributed by atoms with Gasteiger partial charge in [-0.1, -0.05) is 6.07 Å². The van der Waals surface area contributed by atoms with Gasteiger partial charge in [-0.25, -0.2) is 9.97 Å². The monoisotopic (exact) mass is 272 g/mol. The van der Waals surface area contributed by atoms with Gasteiger partial charge in [-0.2, -0.15) is 0 Å². The van der Waals surface area contributed by atoms with Gasteiger partial charge in [0.2, 0.25) is 0 Å². The van der Waals surface area contributed by atoms with E-state index >= 15 is 0 Å². The van der Waals surface area contributed by atoms with Gasteiger partial charge in [0.25, 0.3) is 0 Å². The molecule has 4 nitrogen and oxygen atoms in total. The summed E-state index contributed by atoms with van der Waals surface area (Å²) in [6.45, 7) is 4.61. The van der Waals surface area contributed by atoms with Gasteiger partial charge in [-0.15, -0.1) is 11.3 Å². The zero-order valence-corrected chi connectivity index (χ0v) is 12.1. The smallest absolute Gasteiger partial charge is 0.152 e. The first-order valence-corrected chi connectivity index (χ1v) is 7.01. The first-order valence-electron chi connectivity index (χ1n) is 6.20. The van der Waals surface area contributed by atoms with Crippen molar-refractivity contribution in [3.05, 3.63) is 34.5 Å². The Bertz CT molecular complexity index is 754. The first-order chi connectivity index (χ1) is 9.10. The summed E-state index contributed by atoms with van der Waals surface area (Å²) in [6.07, 6.45) is 0. The highest BCUT2D eigenvalue weighted by atomic mass is 32.1. The van der Waals surface area contributed by atoms with E-state index < -0.39 is 0 Å². The number of nitrogens with zero attached hydrogens (tertiary/aromatic N) is 3. The number of thiazole rings is 1. The number of benzene rings is 1. The average Bonchev–Trinajstić information content (AvgIpc) is 2.89. The zero-order chi connectivity index (χ0) is 13.6. The fraction of sp³-hybridized carbons (Fsp3) is 0.286. The van der Waals surface area contributed by atoms with E-state index in [1.165, 1.54) is 0 Å². The topological polar surface area (TPSA) is 56.7 Å². The molecule has 0 saturated carbocycles. The predicted octanol–water partition coefficient (Wildman–Crippen LogP) is 2.77. The van der Waals surface area contributed by atoms with E-state index in [9.17, 15) is 0 Å². The van der Waals surface area contributed by atoms with Crippen LogP contribution in [0.2, 0.25) is 0 Å². The van der Waals surface area contributed by atoms with Crippen LogP contribution in [0, 0.1) is 13.8 Å². The van der Waals surface area contributed by atoms with Crippen molar-refractivity contribution in [2.45, 2.75) is 20.4 Å². The van der Waals surface area contributed by atoms with Crippen LogP contribution < -0.4 is 5.73 Å². The molecule has 0 bridgehead atoms. The van der Waals surface area contributed by atoms with Gasteiger partial charge in [-0.05, 0) is 31.5 Å². The van der Waals surface area contributed by atoms with Crippen molar-refractivity contribution in [1.82, 2.24) is 14.5 Å². The van der Waals surface area contributed by atoms with E-state index in [4.69, 9.17) is 10.7 Å². The standard InChI is InChI=1S/C14H16N4S/c1-8-13(19-9(2)16-8)14-17-11-5-4-10(7-15)6-12(11)18(14)3/h4-6H,7,15H2,1-3H3. The largest absolute Gasteiger partial charge is 0.326 e. The number of aromatic nitrogens is 3. The Balaban J connectivity index is 2.25. The molecule has 1 aromatic carbocycles. The number of hydrogen-bond donors (Lipinski definition) is 1.